The van der Waals surface area contributed by atoms with Crippen molar-refractivity contribution in [3.05, 3.63) is 53.1 Å². The fourth-order valence-corrected chi connectivity index (χ4v) is 5.99. The summed E-state index contributed by atoms with van der Waals surface area (Å²) in [5, 5.41) is 0. The Morgan fingerprint density at radius 3 is 2.38 bits per heavy atom. The molecule has 0 amide bonds. The minimum atomic E-state index is -0.636. The summed E-state index contributed by atoms with van der Waals surface area (Å²) in [7, 11) is 0. The smallest absolute Gasteiger partial charge is 0.166 e. The second kappa shape index (κ2) is 13.3. The van der Waals surface area contributed by atoms with E-state index in [1.165, 1.54) is 64.2 Å². The molecule has 1 saturated carbocycles. The molecule has 3 rings (SSSR count). The molecule has 178 valence electrons. The highest BCUT2D eigenvalue weighted by molar-refractivity contribution is 5.67. The Balaban J connectivity index is 1.41. The molecule has 2 heteroatoms. The van der Waals surface area contributed by atoms with Crippen molar-refractivity contribution >= 4 is 5.57 Å². The van der Waals surface area contributed by atoms with Gasteiger partial charge in [0.2, 0.25) is 0 Å². The Morgan fingerprint density at radius 1 is 0.906 bits per heavy atom. The summed E-state index contributed by atoms with van der Waals surface area (Å²) in [6, 6.07) is 3.59. The third-order valence-corrected chi connectivity index (χ3v) is 8.01. The molecular weight excluding hydrogens is 398 g/mol. The fourth-order valence-electron chi connectivity index (χ4n) is 5.99. The lowest BCUT2D eigenvalue weighted by atomic mass is 9.70. The zero-order valence-electron chi connectivity index (χ0n) is 20.5. The summed E-state index contributed by atoms with van der Waals surface area (Å²) >= 11 is 0. The van der Waals surface area contributed by atoms with Crippen molar-refractivity contribution in [3.8, 4) is 0 Å². The van der Waals surface area contributed by atoms with Gasteiger partial charge < -0.3 is 0 Å². The van der Waals surface area contributed by atoms with Gasteiger partial charge >= 0.3 is 0 Å². The summed E-state index contributed by atoms with van der Waals surface area (Å²) in [6.07, 6.45) is 24.9. The molecule has 1 aromatic carbocycles. The van der Waals surface area contributed by atoms with Crippen molar-refractivity contribution in [2.75, 3.05) is 0 Å². The Morgan fingerprint density at radius 2 is 1.69 bits per heavy atom. The maximum absolute atomic E-state index is 14.7. The van der Waals surface area contributed by atoms with E-state index in [-0.39, 0.29) is 0 Å². The Hall–Kier alpha value is -1.44. The van der Waals surface area contributed by atoms with Crippen molar-refractivity contribution in [3.63, 3.8) is 0 Å². The predicted molar refractivity (Wildman–Crippen MR) is 134 cm³/mol. The molecule has 0 bridgehead atoms. The number of rotatable bonds is 11. The Kier molecular flexibility index (Phi) is 10.5. The third-order valence-electron chi connectivity index (χ3n) is 8.01. The van der Waals surface area contributed by atoms with Crippen LogP contribution in [0.3, 0.4) is 0 Å². The lowest BCUT2D eigenvalue weighted by Gasteiger charge is -2.35. The lowest BCUT2D eigenvalue weighted by Crippen LogP contribution is -2.23. The van der Waals surface area contributed by atoms with E-state index >= 15 is 0 Å². The molecule has 0 radical (unpaired) electrons. The maximum Gasteiger partial charge on any atom is 0.166 e. The summed E-state index contributed by atoms with van der Waals surface area (Å²) in [4.78, 5) is 0. The zero-order valence-corrected chi connectivity index (χ0v) is 20.5. The average molecular weight is 443 g/mol. The van der Waals surface area contributed by atoms with Crippen molar-refractivity contribution in [1.29, 1.82) is 0 Å². The van der Waals surface area contributed by atoms with Gasteiger partial charge in [-0.15, -0.1) is 0 Å². The van der Waals surface area contributed by atoms with Crippen LogP contribution in [0.2, 0.25) is 0 Å². The van der Waals surface area contributed by atoms with Gasteiger partial charge in [0.15, 0.2) is 11.6 Å². The first kappa shape index (κ1) is 25.2. The molecular formula is C30H44F2. The minimum Gasteiger partial charge on any atom is -0.203 e. The van der Waals surface area contributed by atoms with Crippen LogP contribution in [0.5, 0.6) is 0 Å². The van der Waals surface area contributed by atoms with Gasteiger partial charge in [-0.1, -0.05) is 82.2 Å². The van der Waals surface area contributed by atoms with Crippen molar-refractivity contribution < 1.29 is 8.78 Å². The maximum atomic E-state index is 14.7. The van der Waals surface area contributed by atoms with Gasteiger partial charge in [-0.2, -0.15) is 0 Å². The van der Waals surface area contributed by atoms with Crippen LogP contribution in [0.15, 0.2) is 30.4 Å². The fraction of sp³-hybridized carbons (Fsp3) is 0.667. The number of benzene rings is 1. The highest BCUT2D eigenvalue weighted by Gasteiger charge is 2.29. The van der Waals surface area contributed by atoms with Gasteiger partial charge in [0.05, 0.1) is 0 Å². The number of hydrogen-bond donors (Lipinski definition) is 0. The molecule has 0 N–H and O–H groups in total. The van der Waals surface area contributed by atoms with Crippen molar-refractivity contribution in [2.45, 2.75) is 110 Å². The molecule has 0 aliphatic heterocycles. The van der Waals surface area contributed by atoms with Gasteiger partial charge in [-0.3, -0.25) is 0 Å². The molecule has 32 heavy (non-hydrogen) atoms. The van der Waals surface area contributed by atoms with Crippen LogP contribution in [0.25, 0.3) is 5.57 Å². The SMILES string of the molecule is C/C=C/CCCCCCC1CCC(C2CC=C(c3ccc(CCC)c(F)c3F)CC2)CC1. The van der Waals surface area contributed by atoms with Gasteiger partial charge in [0, 0.05) is 5.56 Å². The van der Waals surface area contributed by atoms with E-state index in [4.69, 9.17) is 0 Å². The van der Waals surface area contributed by atoms with Crippen molar-refractivity contribution in [2.24, 2.45) is 17.8 Å². The molecule has 0 heterocycles. The van der Waals surface area contributed by atoms with Crippen molar-refractivity contribution in [1.82, 2.24) is 0 Å². The lowest BCUT2D eigenvalue weighted by molar-refractivity contribution is 0.187. The molecule has 0 aromatic heterocycles. The molecule has 0 spiro atoms. The van der Waals surface area contributed by atoms with Crippen LogP contribution < -0.4 is 0 Å². The summed E-state index contributed by atoms with van der Waals surface area (Å²) in [5.74, 6) is 1.23. The van der Waals surface area contributed by atoms with E-state index in [2.05, 4.69) is 25.2 Å². The van der Waals surface area contributed by atoms with Gasteiger partial charge in [-0.05, 0) is 87.2 Å². The monoisotopic (exact) mass is 442 g/mol. The number of aryl methyl sites for hydroxylation is 1. The van der Waals surface area contributed by atoms with Crippen LogP contribution in [-0.2, 0) is 6.42 Å². The van der Waals surface area contributed by atoms with Crippen LogP contribution in [0.4, 0.5) is 8.78 Å². The molecule has 2 aliphatic rings. The number of hydrogen-bond acceptors (Lipinski definition) is 0. The second-order valence-electron chi connectivity index (χ2n) is 10.3. The zero-order chi connectivity index (χ0) is 22.8. The molecule has 2 aliphatic carbocycles. The standard InChI is InChI=1S/C30H44F2/c1-3-5-6-7-8-9-10-12-23-13-15-24(16-14-23)25-17-19-26(20-18-25)28-22-21-27(11-4-2)29(31)30(28)32/h3,5,19,21-25H,4,6-18,20H2,1-2H3/b5-3+. The van der Waals surface area contributed by atoms with Gasteiger partial charge in [-0.25, -0.2) is 8.78 Å². The molecule has 0 saturated heterocycles. The van der Waals surface area contributed by atoms with E-state index in [0.717, 1.165) is 49.0 Å². The molecule has 1 fully saturated rings. The summed E-state index contributed by atoms with van der Waals surface area (Å²) in [5.41, 5.74) is 2.02. The Bertz CT molecular complexity index is 752. The number of allylic oxidation sites excluding steroid dienone is 4. The van der Waals surface area contributed by atoms with Crippen LogP contribution in [0, 0.1) is 29.4 Å². The number of unbranched alkanes of at least 4 members (excludes halogenated alkanes) is 4. The van der Waals surface area contributed by atoms with Crippen LogP contribution in [-0.4, -0.2) is 0 Å². The van der Waals surface area contributed by atoms with E-state index in [9.17, 15) is 8.78 Å². The normalized spacial score (nSPS) is 24.1. The van der Waals surface area contributed by atoms with Crippen LogP contribution in [0.1, 0.15) is 115 Å². The third kappa shape index (κ3) is 7.03. The topological polar surface area (TPSA) is 0 Å². The first-order chi connectivity index (χ1) is 15.6. The van der Waals surface area contributed by atoms with E-state index in [1.807, 2.05) is 6.92 Å². The minimum absolute atomic E-state index is 0.496. The Labute approximate surface area is 195 Å². The average Bonchev–Trinajstić information content (AvgIpc) is 2.82. The van der Waals surface area contributed by atoms with E-state index < -0.39 is 11.6 Å². The first-order valence-electron chi connectivity index (χ1n) is 13.4. The quantitative estimate of drug-likeness (QED) is 0.236. The molecule has 1 unspecified atom stereocenters. The summed E-state index contributed by atoms with van der Waals surface area (Å²) < 4.78 is 29.0. The van der Waals surface area contributed by atoms with E-state index in [1.54, 1.807) is 12.1 Å². The highest BCUT2D eigenvalue weighted by atomic mass is 19.2. The largest absolute Gasteiger partial charge is 0.203 e. The van der Waals surface area contributed by atoms with E-state index in [0.29, 0.717) is 17.5 Å². The first-order valence-corrected chi connectivity index (χ1v) is 13.4. The molecule has 1 aromatic rings. The van der Waals surface area contributed by atoms with Crippen LogP contribution >= 0.6 is 0 Å². The molecule has 1 atom stereocenters. The molecule has 0 nitrogen and oxygen atoms in total. The highest BCUT2D eigenvalue weighted by Crippen LogP contribution is 2.42. The predicted octanol–water partition coefficient (Wildman–Crippen LogP) is 9.82. The van der Waals surface area contributed by atoms with Gasteiger partial charge in [0.1, 0.15) is 0 Å². The summed E-state index contributed by atoms with van der Waals surface area (Å²) in [6.45, 7) is 4.10. The second-order valence-corrected chi connectivity index (χ2v) is 10.3. The number of halogens is 2. The van der Waals surface area contributed by atoms with Gasteiger partial charge in [0.25, 0.3) is 0 Å².